The Kier molecular flexibility index (Phi) is 9.15. The van der Waals surface area contributed by atoms with E-state index in [4.69, 9.17) is 8.22 Å². The van der Waals surface area contributed by atoms with Gasteiger partial charge in [-0.05, 0) is 82.1 Å². The Morgan fingerprint density at radius 1 is 0.329 bits per heavy atom. The Labute approximate surface area is 451 Å². The summed E-state index contributed by atoms with van der Waals surface area (Å²) in [7, 11) is 0. The lowest BCUT2D eigenvalue weighted by Gasteiger charge is -2.32. The van der Waals surface area contributed by atoms with Gasteiger partial charge in [-0.25, -0.2) is 8.78 Å². The van der Waals surface area contributed by atoms with Crippen LogP contribution in [0, 0.1) is 57.0 Å². The maximum Gasteiger partial charge on any atom is 0.155 e. The van der Waals surface area contributed by atoms with Crippen LogP contribution >= 0.6 is 0 Å². The average molecular weight is 987 g/mol. The molecular formula is C68H38F2N6. The number of rotatable bonds is 10. The smallest absolute Gasteiger partial charge is 0.155 e. The Hall–Kier alpha value is -10.9. The molecule has 0 fully saturated rings. The summed E-state index contributed by atoms with van der Waals surface area (Å²) in [6.07, 6.45) is 0. The van der Waals surface area contributed by atoms with Gasteiger partial charge in [0.2, 0.25) is 0 Å². The van der Waals surface area contributed by atoms with Gasteiger partial charge >= 0.3 is 0 Å². The number of nitriles is 4. The van der Waals surface area contributed by atoms with Crippen molar-refractivity contribution in [3.63, 3.8) is 0 Å². The Morgan fingerprint density at radius 3 is 0.974 bits per heavy atom. The minimum Gasteiger partial charge on any atom is -0.307 e. The first-order valence-electron chi connectivity index (χ1n) is 28.6. The highest BCUT2D eigenvalue weighted by Crippen LogP contribution is 2.53. The Balaban J connectivity index is 1.24. The number of anilines is 6. The monoisotopic (exact) mass is 986 g/mol. The van der Waals surface area contributed by atoms with Crippen molar-refractivity contribution in [3.05, 3.63) is 264 Å². The van der Waals surface area contributed by atoms with Gasteiger partial charge in [0, 0.05) is 66.7 Å². The number of para-hydroxylation sites is 2. The van der Waals surface area contributed by atoms with Crippen LogP contribution < -0.4 is 9.80 Å². The Morgan fingerprint density at radius 2 is 0.632 bits per heavy atom. The van der Waals surface area contributed by atoms with E-state index in [1.165, 1.54) is 46.2 Å². The summed E-state index contributed by atoms with van der Waals surface area (Å²) in [5.41, 5.74) is -0.303. The molecule has 12 aromatic rings. The molecule has 0 saturated carbocycles. The molecule has 76 heavy (non-hydrogen) atoms. The summed E-state index contributed by atoms with van der Waals surface area (Å²) < 4.78 is 129. The van der Waals surface area contributed by atoms with E-state index >= 15 is 8.78 Å². The van der Waals surface area contributed by atoms with Gasteiger partial charge in [-0.3, -0.25) is 0 Å². The van der Waals surface area contributed by atoms with Gasteiger partial charge in [-0.1, -0.05) is 170 Å². The second-order valence-electron chi connectivity index (χ2n) is 17.5. The molecule has 0 bridgehead atoms. The molecule has 0 radical (unpaired) electrons. The highest BCUT2D eigenvalue weighted by atomic mass is 19.1. The van der Waals surface area contributed by atoms with Crippen molar-refractivity contribution >= 4 is 66.4 Å². The number of hydrogen-bond acceptors (Lipinski definition) is 6. The normalized spacial score (nSPS) is 12.8. The van der Waals surface area contributed by atoms with Crippen LogP contribution in [-0.4, -0.2) is 0 Å². The van der Waals surface area contributed by atoms with E-state index in [-0.39, 0.29) is 89.5 Å². The van der Waals surface area contributed by atoms with E-state index in [2.05, 4.69) is 24.3 Å². The van der Waals surface area contributed by atoms with Crippen LogP contribution in [0.5, 0.6) is 0 Å². The molecule has 0 aliphatic heterocycles. The first kappa shape index (κ1) is 36.1. The van der Waals surface area contributed by atoms with Gasteiger partial charge in [0.15, 0.2) is 11.6 Å². The quantitative estimate of drug-likeness (QED) is 0.127. The van der Waals surface area contributed by atoms with Gasteiger partial charge in [0.1, 0.15) is 0 Å². The van der Waals surface area contributed by atoms with Crippen molar-refractivity contribution < 1.29 is 22.5 Å². The van der Waals surface area contributed by atoms with Gasteiger partial charge in [-0.2, -0.15) is 21.0 Å². The SMILES string of the molecule is [2H]c1c([2H])c([2H])c(N(c2c(-c3ccccc3C#N)ccc(-c3ccccc3C#N)c2F)c2ccc3ccc4c(N(c5c([2H])c([2H])c([2H])c([2H])c5[2H])c5c(-c6ccccc6C#N)ccc(-c6ccccc6C#N)c5F)ccc5ccc2c3c54)c([2H])c1[2H]. The number of benzene rings is 12. The molecule has 12 rings (SSSR count). The van der Waals surface area contributed by atoms with Crippen molar-refractivity contribution in [1.82, 2.24) is 0 Å². The third-order valence-corrected chi connectivity index (χ3v) is 13.6. The van der Waals surface area contributed by atoms with E-state index in [0.29, 0.717) is 32.3 Å². The van der Waals surface area contributed by atoms with Crippen LogP contribution in [0.3, 0.4) is 0 Å². The lowest BCUT2D eigenvalue weighted by atomic mass is 9.89. The predicted molar refractivity (Wildman–Crippen MR) is 300 cm³/mol. The minimum absolute atomic E-state index is 0.0716. The lowest BCUT2D eigenvalue weighted by Crippen LogP contribution is -2.15. The van der Waals surface area contributed by atoms with Crippen LogP contribution in [0.2, 0.25) is 0 Å². The molecule has 8 heteroatoms. The minimum atomic E-state index is -0.984. The highest BCUT2D eigenvalue weighted by Gasteiger charge is 2.30. The van der Waals surface area contributed by atoms with Crippen molar-refractivity contribution in [2.24, 2.45) is 0 Å². The molecule has 0 heterocycles. The largest absolute Gasteiger partial charge is 0.307 e. The second-order valence-corrected chi connectivity index (χ2v) is 17.5. The summed E-state index contributed by atoms with van der Waals surface area (Å²) in [6, 6.07) is 46.3. The maximum atomic E-state index is 18.8. The highest BCUT2D eigenvalue weighted by molar-refractivity contribution is 6.28. The molecule has 0 atom stereocenters. The number of halogens is 2. The molecule has 354 valence electrons. The summed E-state index contributed by atoms with van der Waals surface area (Å²) >= 11 is 0. The zero-order valence-corrected chi connectivity index (χ0v) is 39.6. The topological polar surface area (TPSA) is 102 Å². The molecule has 0 spiro atoms. The van der Waals surface area contributed by atoms with Crippen molar-refractivity contribution in [2.75, 3.05) is 9.80 Å². The standard InChI is InChI=1S/C68H38F2N6/c69-65-55(51-23-11-7-15-45(51)39-71)33-35-57(53-25-13-9-17-47(53)41-73)67(65)75(49-19-3-1-4-20-49)61-37-29-43-28-32-60-62(38-30-44-27-31-59(61)63(43)64(44)60)76(50-21-5-2-6-22-50)68-58(54-26-14-10-18-48(54)42-74)36-34-56(66(68)70)52-24-12-8-16-46(52)40-72/h1-38H/i1D,2D,3D,4D,5D,6D,19D,20D,21D,22D. The molecule has 0 N–H and O–H groups in total. The molecule has 12 aromatic carbocycles. The fourth-order valence-corrected chi connectivity index (χ4v) is 10.3. The van der Waals surface area contributed by atoms with Crippen LogP contribution in [0.25, 0.3) is 76.8 Å². The zero-order valence-electron chi connectivity index (χ0n) is 49.6. The zero-order chi connectivity index (χ0) is 60.6. The van der Waals surface area contributed by atoms with Crippen LogP contribution in [0.1, 0.15) is 36.0 Å². The second kappa shape index (κ2) is 19.3. The van der Waals surface area contributed by atoms with E-state index < -0.39 is 83.4 Å². The molecule has 0 unspecified atom stereocenters. The van der Waals surface area contributed by atoms with Crippen LogP contribution in [0.15, 0.2) is 230 Å². The van der Waals surface area contributed by atoms with Gasteiger partial charge in [0.25, 0.3) is 0 Å². The first-order valence-corrected chi connectivity index (χ1v) is 23.6. The number of nitrogens with zero attached hydrogens (tertiary/aromatic N) is 6. The van der Waals surface area contributed by atoms with Crippen molar-refractivity contribution in [2.45, 2.75) is 0 Å². The van der Waals surface area contributed by atoms with Crippen LogP contribution in [-0.2, 0) is 0 Å². The molecule has 0 aliphatic carbocycles. The maximum absolute atomic E-state index is 18.8. The molecule has 0 saturated heterocycles. The third kappa shape index (κ3) is 7.59. The number of hydrogen-bond donors (Lipinski definition) is 0. The van der Waals surface area contributed by atoms with E-state index in [1.54, 1.807) is 133 Å². The summed E-state index contributed by atoms with van der Waals surface area (Å²) in [5, 5.41) is 44.4. The summed E-state index contributed by atoms with van der Waals surface area (Å²) in [6.45, 7) is 0. The van der Waals surface area contributed by atoms with Crippen LogP contribution in [0.4, 0.5) is 42.9 Å². The molecule has 6 nitrogen and oxygen atoms in total. The van der Waals surface area contributed by atoms with Gasteiger partial charge in [-0.15, -0.1) is 0 Å². The van der Waals surface area contributed by atoms with Crippen molar-refractivity contribution in [3.8, 4) is 68.8 Å². The van der Waals surface area contributed by atoms with Gasteiger partial charge in [0.05, 0.1) is 83.0 Å². The average Bonchev–Trinajstić information content (AvgIpc) is 0.912. The predicted octanol–water partition coefficient (Wildman–Crippen LogP) is 18.0. The fraction of sp³-hybridized carbons (Fsp3) is 0. The molecular weight excluding hydrogens is 939 g/mol. The molecule has 0 aromatic heterocycles. The third-order valence-electron chi connectivity index (χ3n) is 13.6. The Bertz CT molecular complexity index is 4710. The van der Waals surface area contributed by atoms with Gasteiger partial charge < -0.3 is 9.80 Å². The summed E-state index contributed by atoms with van der Waals surface area (Å²) in [5.74, 6) is -1.97. The summed E-state index contributed by atoms with van der Waals surface area (Å²) in [4.78, 5) is 2.48. The van der Waals surface area contributed by atoms with Crippen molar-refractivity contribution in [1.29, 1.82) is 21.0 Å². The van der Waals surface area contributed by atoms with E-state index in [1.807, 2.05) is 0 Å². The fourth-order valence-electron chi connectivity index (χ4n) is 10.3. The molecule has 0 aliphatic rings. The first-order chi connectivity index (χ1) is 41.6. The van der Waals surface area contributed by atoms with E-state index in [9.17, 15) is 26.5 Å². The molecule has 0 amide bonds. The lowest BCUT2D eigenvalue weighted by molar-refractivity contribution is 0.632. The van der Waals surface area contributed by atoms with E-state index in [0.717, 1.165) is 0 Å².